The summed E-state index contributed by atoms with van der Waals surface area (Å²) >= 11 is 5.98. The van der Waals surface area contributed by atoms with Gasteiger partial charge in [-0.1, -0.05) is 60.1 Å². The lowest BCUT2D eigenvalue weighted by Crippen LogP contribution is -2.27. The summed E-state index contributed by atoms with van der Waals surface area (Å²) in [5.74, 6) is -0.134. The van der Waals surface area contributed by atoms with Crippen molar-refractivity contribution >= 4 is 35.1 Å². The van der Waals surface area contributed by atoms with E-state index in [4.69, 9.17) is 11.6 Å². The standard InChI is InChI=1S/C29H28ClN5O3/c1-35(2)29-32-18-24(26(34-29)19-8-4-3-5-9-19)28(38)31-15-14-25(36)20-10-7-13-23(17-20)33-27(37)21-11-6-12-22(30)16-21/h3-13,16-18,25,36H,14-15H2,1-2H3,(H,31,38)(H,33,37). The summed E-state index contributed by atoms with van der Waals surface area (Å²) in [5.41, 5.74) is 3.28. The van der Waals surface area contributed by atoms with Crippen LogP contribution in [-0.4, -0.2) is 47.5 Å². The third-order valence-corrected chi connectivity index (χ3v) is 6.02. The van der Waals surface area contributed by atoms with E-state index in [1.54, 1.807) is 53.4 Å². The van der Waals surface area contributed by atoms with Crippen LogP contribution >= 0.6 is 11.6 Å². The number of halogens is 1. The van der Waals surface area contributed by atoms with E-state index in [9.17, 15) is 14.7 Å². The zero-order valence-corrected chi connectivity index (χ0v) is 21.8. The fraction of sp³-hybridized carbons (Fsp3) is 0.172. The van der Waals surface area contributed by atoms with Gasteiger partial charge in [0.1, 0.15) is 0 Å². The van der Waals surface area contributed by atoms with Crippen LogP contribution in [0.15, 0.2) is 85.1 Å². The van der Waals surface area contributed by atoms with E-state index in [0.717, 1.165) is 5.56 Å². The van der Waals surface area contributed by atoms with E-state index >= 15 is 0 Å². The van der Waals surface area contributed by atoms with Gasteiger partial charge in [0.2, 0.25) is 5.95 Å². The molecule has 8 nitrogen and oxygen atoms in total. The molecule has 3 aromatic carbocycles. The molecule has 1 aromatic heterocycles. The summed E-state index contributed by atoms with van der Waals surface area (Å²) in [6, 6.07) is 23.1. The third kappa shape index (κ3) is 6.73. The number of anilines is 2. The van der Waals surface area contributed by atoms with Gasteiger partial charge in [0, 0.05) is 48.7 Å². The molecule has 1 heterocycles. The molecule has 0 aliphatic carbocycles. The molecule has 0 spiro atoms. The highest BCUT2D eigenvalue weighted by atomic mass is 35.5. The normalized spacial score (nSPS) is 11.5. The minimum atomic E-state index is -0.848. The molecule has 0 radical (unpaired) electrons. The maximum Gasteiger partial charge on any atom is 0.255 e. The first-order chi connectivity index (χ1) is 18.3. The summed E-state index contributed by atoms with van der Waals surface area (Å²) in [7, 11) is 3.67. The highest BCUT2D eigenvalue weighted by Crippen LogP contribution is 2.24. The van der Waals surface area contributed by atoms with Gasteiger partial charge in [-0.05, 0) is 42.3 Å². The molecule has 1 atom stereocenters. The number of hydrogen-bond acceptors (Lipinski definition) is 6. The molecule has 3 N–H and O–H groups in total. The van der Waals surface area contributed by atoms with E-state index in [0.29, 0.717) is 39.0 Å². The second kappa shape index (κ2) is 12.3. The highest BCUT2D eigenvalue weighted by Gasteiger charge is 2.18. The zero-order chi connectivity index (χ0) is 27.1. The number of carbonyl (C=O) groups excluding carboxylic acids is 2. The number of carbonyl (C=O) groups is 2. The first-order valence-corrected chi connectivity index (χ1v) is 12.4. The van der Waals surface area contributed by atoms with Crippen LogP contribution in [0.2, 0.25) is 5.02 Å². The van der Waals surface area contributed by atoms with Crippen molar-refractivity contribution in [3.63, 3.8) is 0 Å². The van der Waals surface area contributed by atoms with E-state index in [1.807, 2.05) is 44.4 Å². The fourth-order valence-corrected chi connectivity index (χ4v) is 4.00. The average Bonchev–Trinajstić information content (AvgIpc) is 2.93. The Morgan fingerprint density at radius 1 is 0.974 bits per heavy atom. The molecule has 0 aliphatic rings. The number of rotatable bonds is 9. The number of aromatic nitrogens is 2. The van der Waals surface area contributed by atoms with Crippen LogP contribution in [0.25, 0.3) is 11.3 Å². The van der Waals surface area contributed by atoms with E-state index in [1.165, 1.54) is 6.20 Å². The number of hydrogen-bond donors (Lipinski definition) is 3. The van der Waals surface area contributed by atoms with Crippen molar-refractivity contribution in [3.8, 4) is 11.3 Å². The van der Waals surface area contributed by atoms with Crippen LogP contribution in [0.4, 0.5) is 11.6 Å². The van der Waals surface area contributed by atoms with Crippen molar-refractivity contribution in [2.24, 2.45) is 0 Å². The molecule has 2 amide bonds. The SMILES string of the molecule is CN(C)c1ncc(C(=O)NCCC(O)c2cccc(NC(=O)c3cccc(Cl)c3)c2)c(-c2ccccc2)n1. The minimum Gasteiger partial charge on any atom is -0.388 e. The van der Waals surface area contributed by atoms with Crippen LogP contribution in [0, 0.1) is 0 Å². The van der Waals surface area contributed by atoms with Crippen LogP contribution in [-0.2, 0) is 0 Å². The molecule has 194 valence electrons. The van der Waals surface area contributed by atoms with Crippen molar-refractivity contribution in [1.82, 2.24) is 15.3 Å². The first kappa shape index (κ1) is 26.8. The van der Waals surface area contributed by atoms with Crippen LogP contribution < -0.4 is 15.5 Å². The molecule has 38 heavy (non-hydrogen) atoms. The van der Waals surface area contributed by atoms with Gasteiger partial charge in [-0.3, -0.25) is 9.59 Å². The van der Waals surface area contributed by atoms with Crippen molar-refractivity contribution in [3.05, 3.63) is 107 Å². The van der Waals surface area contributed by atoms with Crippen molar-refractivity contribution in [2.45, 2.75) is 12.5 Å². The van der Waals surface area contributed by atoms with E-state index in [-0.39, 0.29) is 24.8 Å². The van der Waals surface area contributed by atoms with Gasteiger partial charge >= 0.3 is 0 Å². The predicted molar refractivity (Wildman–Crippen MR) is 150 cm³/mol. The molecule has 0 fully saturated rings. The third-order valence-electron chi connectivity index (χ3n) is 5.79. The summed E-state index contributed by atoms with van der Waals surface area (Å²) in [5, 5.41) is 16.9. The Labute approximate surface area is 226 Å². The largest absolute Gasteiger partial charge is 0.388 e. The first-order valence-electron chi connectivity index (χ1n) is 12.0. The Balaban J connectivity index is 1.39. The topological polar surface area (TPSA) is 107 Å². The van der Waals surface area contributed by atoms with Crippen LogP contribution in [0.3, 0.4) is 0 Å². The molecular formula is C29H28ClN5O3. The number of aliphatic hydroxyl groups excluding tert-OH is 1. The predicted octanol–water partition coefficient (Wildman–Crippen LogP) is 4.97. The van der Waals surface area contributed by atoms with E-state index in [2.05, 4.69) is 20.6 Å². The number of benzene rings is 3. The Morgan fingerprint density at radius 3 is 2.47 bits per heavy atom. The van der Waals surface area contributed by atoms with Gasteiger partial charge in [-0.15, -0.1) is 0 Å². The fourth-order valence-electron chi connectivity index (χ4n) is 3.81. The molecule has 9 heteroatoms. The lowest BCUT2D eigenvalue weighted by atomic mass is 10.0. The van der Waals surface area contributed by atoms with Crippen LogP contribution in [0.5, 0.6) is 0 Å². The Hall–Kier alpha value is -4.27. The van der Waals surface area contributed by atoms with Crippen molar-refractivity contribution in [2.75, 3.05) is 30.9 Å². The lowest BCUT2D eigenvalue weighted by molar-refractivity contribution is 0.0941. The van der Waals surface area contributed by atoms with Gasteiger partial charge in [0.05, 0.1) is 17.4 Å². The molecule has 1 unspecified atom stereocenters. The summed E-state index contributed by atoms with van der Waals surface area (Å²) < 4.78 is 0. The quantitative estimate of drug-likeness (QED) is 0.282. The molecule has 0 bridgehead atoms. The van der Waals surface area contributed by atoms with Gasteiger partial charge in [0.25, 0.3) is 11.8 Å². The molecule has 0 saturated carbocycles. The number of amides is 2. The second-order valence-corrected chi connectivity index (χ2v) is 9.28. The summed E-state index contributed by atoms with van der Waals surface area (Å²) in [6.07, 6.45) is 0.941. The molecular weight excluding hydrogens is 502 g/mol. The summed E-state index contributed by atoms with van der Waals surface area (Å²) in [4.78, 5) is 36.2. The summed E-state index contributed by atoms with van der Waals surface area (Å²) in [6.45, 7) is 0.225. The van der Waals surface area contributed by atoms with E-state index < -0.39 is 6.10 Å². The highest BCUT2D eigenvalue weighted by molar-refractivity contribution is 6.31. The molecule has 0 aliphatic heterocycles. The zero-order valence-electron chi connectivity index (χ0n) is 21.1. The Bertz CT molecular complexity index is 1430. The number of nitrogens with one attached hydrogen (secondary N) is 2. The monoisotopic (exact) mass is 529 g/mol. The minimum absolute atomic E-state index is 0.225. The Kier molecular flexibility index (Phi) is 8.68. The molecule has 4 aromatic rings. The van der Waals surface area contributed by atoms with Crippen molar-refractivity contribution in [1.29, 1.82) is 0 Å². The maximum absolute atomic E-state index is 13.0. The molecule has 0 saturated heterocycles. The average molecular weight is 530 g/mol. The smallest absolute Gasteiger partial charge is 0.255 e. The van der Waals surface area contributed by atoms with Gasteiger partial charge in [0.15, 0.2) is 0 Å². The second-order valence-electron chi connectivity index (χ2n) is 8.84. The van der Waals surface area contributed by atoms with Crippen LogP contribution in [0.1, 0.15) is 38.8 Å². The van der Waals surface area contributed by atoms with Gasteiger partial charge in [-0.2, -0.15) is 0 Å². The molecule has 4 rings (SSSR count). The lowest BCUT2D eigenvalue weighted by Gasteiger charge is -2.16. The maximum atomic E-state index is 13.0. The Morgan fingerprint density at radius 2 is 1.74 bits per heavy atom. The number of aliphatic hydroxyl groups is 1. The van der Waals surface area contributed by atoms with Crippen molar-refractivity contribution < 1.29 is 14.7 Å². The number of nitrogens with zero attached hydrogens (tertiary/aromatic N) is 3. The van der Waals surface area contributed by atoms with Gasteiger partial charge in [-0.25, -0.2) is 9.97 Å². The van der Waals surface area contributed by atoms with Gasteiger partial charge < -0.3 is 20.6 Å².